The molecular weight excluding hydrogens is 200 g/mol. The average molecular weight is 228 g/mol. The van der Waals surface area contributed by atoms with Crippen molar-refractivity contribution in [1.82, 2.24) is 10.2 Å². The van der Waals surface area contributed by atoms with Crippen molar-refractivity contribution in [3.05, 3.63) is 0 Å². The van der Waals surface area contributed by atoms with E-state index in [-0.39, 0.29) is 0 Å². The molecule has 0 aromatic carbocycles. The molecule has 1 rings (SSSR count). The molecule has 1 aliphatic heterocycles. The Balaban J connectivity index is 2.26. The summed E-state index contributed by atoms with van der Waals surface area (Å²) in [6.45, 7) is 11.9. The highest BCUT2D eigenvalue weighted by atomic mass is 16.5. The van der Waals surface area contributed by atoms with Crippen LogP contribution in [0.5, 0.6) is 0 Å². The topological polar surface area (TPSA) is 24.5 Å². The zero-order valence-corrected chi connectivity index (χ0v) is 11.2. The van der Waals surface area contributed by atoms with Crippen LogP contribution >= 0.6 is 0 Å². The predicted octanol–water partition coefficient (Wildman–Crippen LogP) is 1.88. The fraction of sp³-hybridized carbons (Fsp3) is 1.00. The summed E-state index contributed by atoms with van der Waals surface area (Å²) in [6.07, 6.45) is 3.69. The third-order valence-corrected chi connectivity index (χ3v) is 3.22. The van der Waals surface area contributed by atoms with Crippen molar-refractivity contribution in [3.63, 3.8) is 0 Å². The SMILES string of the molecule is CCCOCCN1CC(C)NCC1CCC. The molecule has 3 nitrogen and oxygen atoms in total. The summed E-state index contributed by atoms with van der Waals surface area (Å²) in [5, 5.41) is 3.57. The molecule has 0 aromatic heterocycles. The minimum Gasteiger partial charge on any atom is -0.380 e. The largest absolute Gasteiger partial charge is 0.380 e. The Morgan fingerprint density at radius 3 is 2.75 bits per heavy atom. The van der Waals surface area contributed by atoms with Gasteiger partial charge in [0, 0.05) is 38.3 Å². The molecule has 0 aliphatic carbocycles. The van der Waals surface area contributed by atoms with E-state index in [9.17, 15) is 0 Å². The minimum atomic E-state index is 0.624. The van der Waals surface area contributed by atoms with Gasteiger partial charge < -0.3 is 10.1 Å². The summed E-state index contributed by atoms with van der Waals surface area (Å²) < 4.78 is 5.59. The fourth-order valence-electron chi connectivity index (χ4n) is 2.35. The molecule has 0 radical (unpaired) electrons. The molecule has 0 bridgehead atoms. The number of piperazine rings is 1. The van der Waals surface area contributed by atoms with Crippen LogP contribution in [0.3, 0.4) is 0 Å². The average Bonchev–Trinajstić information content (AvgIpc) is 2.28. The second kappa shape index (κ2) is 8.04. The summed E-state index contributed by atoms with van der Waals surface area (Å²) in [4.78, 5) is 2.60. The lowest BCUT2D eigenvalue weighted by atomic mass is 10.1. The smallest absolute Gasteiger partial charge is 0.0593 e. The minimum absolute atomic E-state index is 0.624. The Kier molecular flexibility index (Phi) is 7.01. The van der Waals surface area contributed by atoms with E-state index in [4.69, 9.17) is 4.74 Å². The molecule has 16 heavy (non-hydrogen) atoms. The molecule has 1 heterocycles. The molecule has 0 aromatic rings. The Labute approximate surface area is 101 Å². The van der Waals surface area contributed by atoms with Gasteiger partial charge in [0.15, 0.2) is 0 Å². The van der Waals surface area contributed by atoms with Crippen molar-refractivity contribution >= 4 is 0 Å². The summed E-state index contributed by atoms with van der Waals surface area (Å²) >= 11 is 0. The molecule has 2 atom stereocenters. The van der Waals surface area contributed by atoms with E-state index in [2.05, 4.69) is 31.0 Å². The maximum Gasteiger partial charge on any atom is 0.0593 e. The van der Waals surface area contributed by atoms with Crippen LogP contribution in [0.25, 0.3) is 0 Å². The lowest BCUT2D eigenvalue weighted by Crippen LogP contribution is -2.56. The summed E-state index contributed by atoms with van der Waals surface area (Å²) in [5.41, 5.74) is 0. The van der Waals surface area contributed by atoms with Crippen molar-refractivity contribution in [2.24, 2.45) is 0 Å². The van der Waals surface area contributed by atoms with E-state index in [1.54, 1.807) is 0 Å². The van der Waals surface area contributed by atoms with Gasteiger partial charge >= 0.3 is 0 Å². The third kappa shape index (κ3) is 4.81. The van der Waals surface area contributed by atoms with E-state index in [0.717, 1.165) is 32.7 Å². The van der Waals surface area contributed by atoms with Crippen LogP contribution in [0, 0.1) is 0 Å². The molecule has 1 N–H and O–H groups in total. The van der Waals surface area contributed by atoms with Gasteiger partial charge in [-0.25, -0.2) is 0 Å². The molecule has 1 aliphatic rings. The van der Waals surface area contributed by atoms with Crippen molar-refractivity contribution in [3.8, 4) is 0 Å². The number of nitrogens with one attached hydrogen (secondary N) is 1. The number of ether oxygens (including phenoxy) is 1. The van der Waals surface area contributed by atoms with Gasteiger partial charge in [0.05, 0.1) is 6.61 Å². The molecule has 3 heteroatoms. The first-order valence-corrected chi connectivity index (χ1v) is 6.83. The van der Waals surface area contributed by atoms with Crippen LogP contribution in [0.4, 0.5) is 0 Å². The van der Waals surface area contributed by atoms with Crippen molar-refractivity contribution in [2.75, 3.05) is 32.8 Å². The fourth-order valence-corrected chi connectivity index (χ4v) is 2.35. The van der Waals surface area contributed by atoms with Crippen molar-refractivity contribution in [1.29, 1.82) is 0 Å². The first-order chi connectivity index (χ1) is 7.77. The van der Waals surface area contributed by atoms with Gasteiger partial charge in [0.25, 0.3) is 0 Å². The maximum atomic E-state index is 5.59. The highest BCUT2D eigenvalue weighted by molar-refractivity contribution is 4.83. The van der Waals surface area contributed by atoms with E-state index < -0.39 is 0 Å². The molecule has 1 saturated heterocycles. The molecule has 1 fully saturated rings. The van der Waals surface area contributed by atoms with Crippen LogP contribution in [0.2, 0.25) is 0 Å². The third-order valence-electron chi connectivity index (χ3n) is 3.22. The highest BCUT2D eigenvalue weighted by Gasteiger charge is 2.24. The van der Waals surface area contributed by atoms with Gasteiger partial charge in [0.1, 0.15) is 0 Å². The number of hydrogen-bond donors (Lipinski definition) is 1. The zero-order chi connectivity index (χ0) is 11.8. The molecule has 0 saturated carbocycles. The summed E-state index contributed by atoms with van der Waals surface area (Å²) in [7, 11) is 0. The standard InChI is InChI=1S/C13H28N2O/c1-4-6-13-10-14-12(3)11-15(13)7-9-16-8-5-2/h12-14H,4-11H2,1-3H3. The lowest BCUT2D eigenvalue weighted by Gasteiger charge is -2.39. The molecular formula is C13H28N2O. The second-order valence-electron chi connectivity index (χ2n) is 4.86. The first-order valence-electron chi connectivity index (χ1n) is 6.83. The van der Waals surface area contributed by atoms with Gasteiger partial charge in [-0.05, 0) is 19.8 Å². The van der Waals surface area contributed by atoms with Crippen LogP contribution in [0.1, 0.15) is 40.0 Å². The Morgan fingerprint density at radius 1 is 1.25 bits per heavy atom. The zero-order valence-electron chi connectivity index (χ0n) is 11.2. The normalized spacial score (nSPS) is 27.2. The molecule has 2 unspecified atom stereocenters. The van der Waals surface area contributed by atoms with Crippen molar-refractivity contribution in [2.45, 2.75) is 52.1 Å². The van der Waals surface area contributed by atoms with Gasteiger partial charge in [-0.1, -0.05) is 20.3 Å². The van der Waals surface area contributed by atoms with Crippen LogP contribution in [0.15, 0.2) is 0 Å². The number of rotatable bonds is 7. The lowest BCUT2D eigenvalue weighted by molar-refractivity contribution is 0.0647. The Morgan fingerprint density at radius 2 is 2.06 bits per heavy atom. The number of nitrogens with zero attached hydrogens (tertiary/aromatic N) is 1. The van der Waals surface area contributed by atoms with Gasteiger partial charge in [-0.3, -0.25) is 4.90 Å². The van der Waals surface area contributed by atoms with E-state index in [1.807, 2.05) is 0 Å². The molecule has 0 spiro atoms. The van der Waals surface area contributed by atoms with Gasteiger partial charge in [-0.2, -0.15) is 0 Å². The van der Waals surface area contributed by atoms with Crippen molar-refractivity contribution < 1.29 is 4.74 Å². The first kappa shape index (κ1) is 13.9. The Hall–Kier alpha value is -0.120. The van der Waals surface area contributed by atoms with Crippen LogP contribution in [-0.4, -0.2) is 49.8 Å². The summed E-state index contributed by atoms with van der Waals surface area (Å²) in [6, 6.07) is 1.34. The van der Waals surface area contributed by atoms with Crippen LogP contribution in [-0.2, 0) is 4.74 Å². The van der Waals surface area contributed by atoms with E-state index >= 15 is 0 Å². The van der Waals surface area contributed by atoms with E-state index in [0.29, 0.717) is 12.1 Å². The Bertz CT molecular complexity index is 175. The molecule has 0 amide bonds. The maximum absolute atomic E-state index is 5.59. The highest BCUT2D eigenvalue weighted by Crippen LogP contribution is 2.11. The summed E-state index contributed by atoms with van der Waals surface area (Å²) in [5.74, 6) is 0. The van der Waals surface area contributed by atoms with Gasteiger partial charge in [-0.15, -0.1) is 0 Å². The van der Waals surface area contributed by atoms with Crippen LogP contribution < -0.4 is 5.32 Å². The van der Waals surface area contributed by atoms with E-state index in [1.165, 1.54) is 19.4 Å². The predicted molar refractivity (Wildman–Crippen MR) is 68.8 cm³/mol. The number of hydrogen-bond acceptors (Lipinski definition) is 3. The molecule has 96 valence electrons. The quantitative estimate of drug-likeness (QED) is 0.673. The second-order valence-corrected chi connectivity index (χ2v) is 4.86. The van der Waals surface area contributed by atoms with Gasteiger partial charge in [0.2, 0.25) is 0 Å². The monoisotopic (exact) mass is 228 g/mol.